The molecule has 0 saturated heterocycles. The van der Waals surface area contributed by atoms with Crippen LogP contribution in [0.25, 0.3) is 0 Å². The van der Waals surface area contributed by atoms with E-state index in [1.54, 1.807) is 7.11 Å². The fraction of sp³-hybridized carbons (Fsp3) is 0.333. The van der Waals surface area contributed by atoms with Gasteiger partial charge in [-0.3, -0.25) is 0 Å². The van der Waals surface area contributed by atoms with Gasteiger partial charge in [0, 0.05) is 6.42 Å². The summed E-state index contributed by atoms with van der Waals surface area (Å²) >= 11 is 0. The summed E-state index contributed by atoms with van der Waals surface area (Å²) in [6.07, 6.45) is 0.103. The second-order valence-electron chi connectivity index (χ2n) is 5.31. The van der Waals surface area contributed by atoms with E-state index in [1.807, 2.05) is 62.4 Å². The first kappa shape index (κ1) is 15.4. The average Bonchev–Trinajstić information content (AvgIpc) is 2.47. The maximum absolute atomic E-state index is 10.4. The predicted molar refractivity (Wildman–Crippen MR) is 83.9 cm³/mol. The van der Waals surface area contributed by atoms with E-state index in [9.17, 15) is 5.11 Å². The van der Waals surface area contributed by atoms with Crippen LogP contribution in [0.4, 0.5) is 0 Å². The molecular formula is C18H22O3. The molecule has 1 unspecified atom stereocenters. The smallest absolute Gasteiger partial charge is 0.120 e. The number of aliphatic hydroxyl groups is 1. The molecule has 3 heteroatoms. The second-order valence-corrected chi connectivity index (χ2v) is 5.31. The maximum atomic E-state index is 10.4. The summed E-state index contributed by atoms with van der Waals surface area (Å²) in [6, 6.07) is 15.4. The Morgan fingerprint density at radius 3 is 2.43 bits per heavy atom. The molecule has 3 nitrogen and oxygen atoms in total. The molecule has 0 aliphatic rings. The maximum Gasteiger partial charge on any atom is 0.120 e. The van der Waals surface area contributed by atoms with Crippen LogP contribution in [0.5, 0.6) is 11.5 Å². The zero-order valence-corrected chi connectivity index (χ0v) is 12.7. The quantitative estimate of drug-likeness (QED) is 0.878. The van der Waals surface area contributed by atoms with Crippen LogP contribution >= 0.6 is 0 Å². The van der Waals surface area contributed by atoms with Gasteiger partial charge in [0.2, 0.25) is 0 Å². The van der Waals surface area contributed by atoms with Crippen molar-refractivity contribution in [1.29, 1.82) is 0 Å². The summed E-state index contributed by atoms with van der Waals surface area (Å²) in [7, 11) is 1.64. The fourth-order valence-corrected chi connectivity index (χ4v) is 2.21. The van der Waals surface area contributed by atoms with E-state index in [0.717, 1.165) is 22.6 Å². The molecule has 21 heavy (non-hydrogen) atoms. The summed E-state index contributed by atoms with van der Waals surface area (Å²) in [5.41, 5.74) is 1.90. The average molecular weight is 286 g/mol. The van der Waals surface area contributed by atoms with Gasteiger partial charge in [-0.1, -0.05) is 24.3 Å². The SMILES string of the molecule is COc1cccc(CC(O)c2cccc(OC(C)C)c2)c1. The number of hydrogen-bond acceptors (Lipinski definition) is 3. The monoisotopic (exact) mass is 286 g/mol. The Morgan fingerprint density at radius 1 is 1.00 bits per heavy atom. The number of methoxy groups -OCH3 is 1. The predicted octanol–water partition coefficient (Wildman–Crippen LogP) is 3.76. The molecule has 0 spiro atoms. The van der Waals surface area contributed by atoms with Crippen molar-refractivity contribution in [1.82, 2.24) is 0 Å². The fourth-order valence-electron chi connectivity index (χ4n) is 2.21. The molecule has 0 saturated carbocycles. The summed E-state index contributed by atoms with van der Waals surface area (Å²) in [4.78, 5) is 0. The molecule has 1 N–H and O–H groups in total. The standard InChI is InChI=1S/C18H22O3/c1-13(2)21-17-9-5-7-15(12-17)18(19)11-14-6-4-8-16(10-14)20-3/h4-10,12-13,18-19H,11H2,1-3H3. The van der Waals surface area contributed by atoms with Crippen molar-refractivity contribution in [3.8, 4) is 11.5 Å². The highest BCUT2D eigenvalue weighted by molar-refractivity contribution is 5.33. The van der Waals surface area contributed by atoms with Gasteiger partial charge in [-0.2, -0.15) is 0 Å². The van der Waals surface area contributed by atoms with Gasteiger partial charge < -0.3 is 14.6 Å². The zero-order valence-electron chi connectivity index (χ0n) is 12.7. The van der Waals surface area contributed by atoms with Gasteiger partial charge in [-0.15, -0.1) is 0 Å². The lowest BCUT2D eigenvalue weighted by Crippen LogP contribution is -2.07. The van der Waals surface area contributed by atoms with Crippen LogP contribution in [0.1, 0.15) is 31.1 Å². The van der Waals surface area contributed by atoms with Gasteiger partial charge in [0.05, 0.1) is 19.3 Å². The Kier molecular flexibility index (Phi) is 5.23. The van der Waals surface area contributed by atoms with E-state index in [1.165, 1.54) is 0 Å². The minimum atomic E-state index is -0.562. The van der Waals surface area contributed by atoms with E-state index >= 15 is 0 Å². The van der Waals surface area contributed by atoms with Crippen LogP contribution in [0, 0.1) is 0 Å². The molecule has 2 rings (SSSR count). The number of hydrogen-bond donors (Lipinski definition) is 1. The normalized spacial score (nSPS) is 12.2. The number of benzene rings is 2. The number of rotatable bonds is 6. The first-order valence-corrected chi connectivity index (χ1v) is 7.16. The molecule has 0 aliphatic heterocycles. The zero-order chi connectivity index (χ0) is 15.2. The minimum absolute atomic E-state index is 0.121. The van der Waals surface area contributed by atoms with E-state index < -0.39 is 6.10 Å². The topological polar surface area (TPSA) is 38.7 Å². The van der Waals surface area contributed by atoms with Crippen molar-refractivity contribution >= 4 is 0 Å². The summed E-state index contributed by atoms with van der Waals surface area (Å²) in [5.74, 6) is 1.59. The molecule has 2 aromatic carbocycles. The van der Waals surface area contributed by atoms with Crippen molar-refractivity contribution < 1.29 is 14.6 Å². The van der Waals surface area contributed by atoms with E-state index in [4.69, 9.17) is 9.47 Å². The van der Waals surface area contributed by atoms with Crippen LogP contribution in [-0.2, 0) is 6.42 Å². The Balaban J connectivity index is 2.10. The molecule has 1 atom stereocenters. The minimum Gasteiger partial charge on any atom is -0.497 e. The lowest BCUT2D eigenvalue weighted by atomic mass is 10.0. The molecule has 0 heterocycles. The molecule has 0 radical (unpaired) electrons. The van der Waals surface area contributed by atoms with Crippen molar-refractivity contribution in [2.45, 2.75) is 32.5 Å². The van der Waals surface area contributed by atoms with E-state index in [0.29, 0.717) is 6.42 Å². The van der Waals surface area contributed by atoms with Crippen LogP contribution < -0.4 is 9.47 Å². The third-order valence-corrected chi connectivity index (χ3v) is 3.18. The largest absolute Gasteiger partial charge is 0.497 e. The molecule has 0 fully saturated rings. The molecule has 0 amide bonds. The van der Waals surface area contributed by atoms with Crippen molar-refractivity contribution in [2.24, 2.45) is 0 Å². The first-order chi connectivity index (χ1) is 10.1. The Morgan fingerprint density at radius 2 is 1.71 bits per heavy atom. The Hall–Kier alpha value is -2.00. The Bertz CT molecular complexity index is 578. The van der Waals surface area contributed by atoms with Gasteiger partial charge in [0.25, 0.3) is 0 Å². The molecule has 0 aromatic heterocycles. The number of ether oxygens (including phenoxy) is 2. The summed E-state index contributed by atoms with van der Waals surface area (Å²) < 4.78 is 10.9. The highest BCUT2D eigenvalue weighted by atomic mass is 16.5. The van der Waals surface area contributed by atoms with Gasteiger partial charge in [-0.25, -0.2) is 0 Å². The van der Waals surface area contributed by atoms with E-state index in [-0.39, 0.29) is 6.10 Å². The van der Waals surface area contributed by atoms with Crippen molar-refractivity contribution in [3.63, 3.8) is 0 Å². The van der Waals surface area contributed by atoms with Crippen LogP contribution in [0.2, 0.25) is 0 Å². The lowest BCUT2D eigenvalue weighted by molar-refractivity contribution is 0.177. The van der Waals surface area contributed by atoms with Gasteiger partial charge in [0.1, 0.15) is 11.5 Å². The highest BCUT2D eigenvalue weighted by Gasteiger charge is 2.10. The highest BCUT2D eigenvalue weighted by Crippen LogP contribution is 2.24. The first-order valence-electron chi connectivity index (χ1n) is 7.16. The van der Waals surface area contributed by atoms with Crippen molar-refractivity contribution in [3.05, 3.63) is 59.7 Å². The van der Waals surface area contributed by atoms with Crippen LogP contribution in [0.3, 0.4) is 0 Å². The molecular weight excluding hydrogens is 264 g/mol. The van der Waals surface area contributed by atoms with Crippen LogP contribution in [-0.4, -0.2) is 18.3 Å². The second kappa shape index (κ2) is 7.14. The van der Waals surface area contributed by atoms with Gasteiger partial charge in [0.15, 0.2) is 0 Å². The third kappa shape index (κ3) is 4.50. The molecule has 2 aromatic rings. The molecule has 112 valence electrons. The van der Waals surface area contributed by atoms with E-state index in [2.05, 4.69) is 0 Å². The third-order valence-electron chi connectivity index (χ3n) is 3.18. The lowest BCUT2D eigenvalue weighted by Gasteiger charge is -2.15. The molecule has 0 aliphatic carbocycles. The summed E-state index contributed by atoms with van der Waals surface area (Å²) in [5, 5.41) is 10.4. The summed E-state index contributed by atoms with van der Waals surface area (Å²) in [6.45, 7) is 3.97. The van der Waals surface area contributed by atoms with Crippen LogP contribution in [0.15, 0.2) is 48.5 Å². The molecule has 0 bridgehead atoms. The van der Waals surface area contributed by atoms with Crippen molar-refractivity contribution in [2.75, 3.05) is 7.11 Å². The number of aliphatic hydroxyl groups excluding tert-OH is 1. The Labute approximate surface area is 126 Å². The van der Waals surface area contributed by atoms with Gasteiger partial charge in [-0.05, 0) is 49.2 Å². The van der Waals surface area contributed by atoms with Gasteiger partial charge >= 0.3 is 0 Å².